The number of rotatable bonds is 10. The number of halogens is 15. The topological polar surface area (TPSA) is 78.9 Å². The van der Waals surface area contributed by atoms with Gasteiger partial charge >= 0.3 is 17.9 Å². The van der Waals surface area contributed by atoms with E-state index in [9.17, 15) is 80.2 Å². The molecule has 0 aromatic heterocycles. The molecule has 0 unspecified atom stereocenters. The molecule has 0 amide bonds. The Morgan fingerprint density at radius 3 is 0.708 bits per heavy atom. The SMILES string of the molecule is CCC(COC(=O)c1c(F)c(F)c(F)c(F)c1F)(COC(=O)c1c(F)c(F)c(F)c(F)c1F)COC(=O)c1c(F)c(F)c(F)c(F)c1F. The van der Waals surface area contributed by atoms with Crippen LogP contribution in [0.4, 0.5) is 65.9 Å². The Balaban J connectivity index is 2.01. The molecule has 0 aliphatic carbocycles. The summed E-state index contributed by atoms with van der Waals surface area (Å²) in [5.74, 6) is -47.3. The maximum Gasteiger partial charge on any atom is 0.344 e. The molecule has 21 heteroatoms. The van der Waals surface area contributed by atoms with Crippen molar-refractivity contribution in [1.29, 1.82) is 0 Å². The van der Waals surface area contributed by atoms with Crippen molar-refractivity contribution >= 4 is 17.9 Å². The van der Waals surface area contributed by atoms with E-state index in [2.05, 4.69) is 14.2 Å². The van der Waals surface area contributed by atoms with Crippen LogP contribution in [-0.2, 0) is 14.2 Å². The fourth-order valence-electron chi connectivity index (χ4n) is 3.66. The zero-order chi connectivity index (χ0) is 36.6. The van der Waals surface area contributed by atoms with Crippen molar-refractivity contribution in [2.45, 2.75) is 13.3 Å². The quantitative estimate of drug-likeness (QED) is 0.0737. The summed E-state index contributed by atoms with van der Waals surface area (Å²) >= 11 is 0. The van der Waals surface area contributed by atoms with Gasteiger partial charge in [0.15, 0.2) is 69.8 Å². The zero-order valence-corrected chi connectivity index (χ0v) is 22.9. The molecule has 0 fully saturated rings. The normalized spacial score (nSPS) is 11.5. The van der Waals surface area contributed by atoms with Crippen LogP contribution in [0.1, 0.15) is 44.4 Å². The molecule has 0 radical (unpaired) electrons. The molecule has 48 heavy (non-hydrogen) atoms. The van der Waals surface area contributed by atoms with Gasteiger partial charge in [0.05, 0.1) is 5.41 Å². The van der Waals surface area contributed by atoms with Crippen LogP contribution >= 0.6 is 0 Å². The van der Waals surface area contributed by atoms with Crippen LogP contribution in [0.3, 0.4) is 0 Å². The van der Waals surface area contributed by atoms with Crippen molar-refractivity contribution in [2.75, 3.05) is 19.8 Å². The summed E-state index contributed by atoms with van der Waals surface area (Å²) in [6.07, 6.45) is -0.758. The van der Waals surface area contributed by atoms with Gasteiger partial charge in [-0.15, -0.1) is 0 Å². The van der Waals surface area contributed by atoms with Gasteiger partial charge in [-0.1, -0.05) is 6.92 Å². The van der Waals surface area contributed by atoms with Crippen molar-refractivity contribution in [1.82, 2.24) is 0 Å². The molecule has 0 bridgehead atoms. The van der Waals surface area contributed by atoms with Gasteiger partial charge in [0.25, 0.3) is 0 Å². The van der Waals surface area contributed by atoms with Gasteiger partial charge in [0, 0.05) is 0 Å². The first-order valence-electron chi connectivity index (χ1n) is 12.3. The summed E-state index contributed by atoms with van der Waals surface area (Å²) < 4.78 is 220. The maximum atomic E-state index is 14.1. The summed E-state index contributed by atoms with van der Waals surface area (Å²) in [5.41, 5.74) is -9.14. The van der Waals surface area contributed by atoms with E-state index in [0.29, 0.717) is 0 Å². The highest BCUT2D eigenvalue weighted by molar-refractivity contribution is 5.91. The minimum Gasteiger partial charge on any atom is -0.461 e. The van der Waals surface area contributed by atoms with Crippen LogP contribution in [0, 0.1) is 92.7 Å². The highest BCUT2D eigenvalue weighted by Crippen LogP contribution is 2.31. The van der Waals surface area contributed by atoms with E-state index in [1.54, 1.807) is 0 Å². The third kappa shape index (κ3) is 6.57. The lowest BCUT2D eigenvalue weighted by Gasteiger charge is -2.31. The van der Waals surface area contributed by atoms with E-state index in [-0.39, 0.29) is 0 Å². The summed E-state index contributed by atoms with van der Waals surface area (Å²) in [6, 6.07) is 0. The molecule has 0 N–H and O–H groups in total. The first-order chi connectivity index (χ1) is 22.2. The number of esters is 3. The second kappa shape index (κ2) is 14.0. The third-order valence-electron chi connectivity index (χ3n) is 6.52. The van der Waals surface area contributed by atoms with E-state index in [1.807, 2.05) is 0 Å². The van der Waals surface area contributed by atoms with E-state index >= 15 is 0 Å². The van der Waals surface area contributed by atoms with E-state index in [4.69, 9.17) is 0 Å². The molecule has 0 aliphatic rings. The van der Waals surface area contributed by atoms with Crippen LogP contribution in [-0.4, -0.2) is 37.7 Å². The molecule has 0 aliphatic heterocycles. The highest BCUT2D eigenvalue weighted by atomic mass is 19.2. The first kappa shape index (κ1) is 37.5. The summed E-state index contributed by atoms with van der Waals surface area (Å²) in [5, 5.41) is 0. The Bertz CT molecular complexity index is 1550. The van der Waals surface area contributed by atoms with Gasteiger partial charge in [-0.05, 0) is 6.42 Å². The second-order valence-electron chi connectivity index (χ2n) is 9.42. The van der Waals surface area contributed by atoms with Crippen molar-refractivity contribution < 1.29 is 94.5 Å². The predicted octanol–water partition coefficient (Wildman–Crippen LogP) is 7.04. The second-order valence-corrected chi connectivity index (χ2v) is 9.42. The van der Waals surface area contributed by atoms with E-state index < -0.39 is 154 Å². The molecule has 3 aromatic carbocycles. The number of hydrogen-bond donors (Lipinski definition) is 0. The molecule has 260 valence electrons. The van der Waals surface area contributed by atoms with Crippen LogP contribution in [0.15, 0.2) is 0 Å². The van der Waals surface area contributed by atoms with E-state index in [0.717, 1.165) is 6.92 Å². The van der Waals surface area contributed by atoms with Crippen LogP contribution in [0.2, 0.25) is 0 Å². The van der Waals surface area contributed by atoms with Gasteiger partial charge in [-0.2, -0.15) is 0 Å². The lowest BCUT2D eigenvalue weighted by molar-refractivity contribution is -0.0390. The minimum atomic E-state index is -2.71. The molecule has 3 aromatic rings. The van der Waals surface area contributed by atoms with Crippen LogP contribution in [0.5, 0.6) is 0 Å². The smallest absolute Gasteiger partial charge is 0.344 e. The van der Waals surface area contributed by atoms with E-state index in [1.165, 1.54) is 0 Å². The lowest BCUT2D eigenvalue weighted by Crippen LogP contribution is -2.39. The Labute approximate surface area is 255 Å². The third-order valence-corrected chi connectivity index (χ3v) is 6.52. The molecular formula is C27H11F15O6. The lowest BCUT2D eigenvalue weighted by atomic mass is 9.88. The molecule has 0 atom stereocenters. The van der Waals surface area contributed by atoms with Gasteiger partial charge in [0.1, 0.15) is 36.5 Å². The number of benzene rings is 3. The fraction of sp³-hybridized carbons (Fsp3) is 0.222. The number of hydrogen-bond acceptors (Lipinski definition) is 6. The Hall–Kier alpha value is -4.98. The summed E-state index contributed by atoms with van der Waals surface area (Å²) in [7, 11) is 0. The molecule has 6 nitrogen and oxygen atoms in total. The monoisotopic (exact) mass is 716 g/mol. The highest BCUT2D eigenvalue weighted by Gasteiger charge is 2.39. The Kier molecular flexibility index (Phi) is 10.9. The van der Waals surface area contributed by atoms with Crippen LogP contribution in [0.25, 0.3) is 0 Å². The average molecular weight is 716 g/mol. The molecule has 0 saturated heterocycles. The van der Waals surface area contributed by atoms with Crippen molar-refractivity contribution in [3.05, 3.63) is 104 Å². The van der Waals surface area contributed by atoms with Gasteiger partial charge < -0.3 is 14.2 Å². The molecule has 0 saturated carbocycles. The number of ether oxygens (including phenoxy) is 3. The van der Waals surface area contributed by atoms with Gasteiger partial charge in [0.2, 0.25) is 17.5 Å². The van der Waals surface area contributed by atoms with Crippen molar-refractivity contribution in [3.63, 3.8) is 0 Å². The molecular weight excluding hydrogens is 705 g/mol. The Morgan fingerprint density at radius 1 is 0.375 bits per heavy atom. The summed E-state index contributed by atoms with van der Waals surface area (Å²) in [6.45, 7) is -3.70. The largest absolute Gasteiger partial charge is 0.461 e. The van der Waals surface area contributed by atoms with Crippen molar-refractivity contribution in [3.8, 4) is 0 Å². The first-order valence-corrected chi connectivity index (χ1v) is 12.3. The maximum absolute atomic E-state index is 14.1. The van der Waals surface area contributed by atoms with Gasteiger partial charge in [-0.3, -0.25) is 0 Å². The molecule has 0 heterocycles. The fourth-order valence-corrected chi connectivity index (χ4v) is 3.66. The average Bonchev–Trinajstić information content (AvgIpc) is 3.06. The van der Waals surface area contributed by atoms with Crippen LogP contribution < -0.4 is 0 Å². The Morgan fingerprint density at radius 2 is 0.542 bits per heavy atom. The number of carbonyl (C=O) groups excluding carboxylic acids is 3. The van der Waals surface area contributed by atoms with Gasteiger partial charge in [-0.25, -0.2) is 80.2 Å². The zero-order valence-electron chi connectivity index (χ0n) is 22.9. The predicted molar refractivity (Wildman–Crippen MR) is 122 cm³/mol. The minimum absolute atomic E-state index is 0.758. The molecule has 3 rings (SSSR count). The standard InChI is InChI=1S/C27H11F15O6/c1-2-27(3-46-24(43)6-9(28)15(34)21(40)16(35)10(6)29,4-47-25(44)7-11(30)17(36)22(41)18(37)12(7)31)5-48-26(45)8-13(32)19(38)23(42)20(39)14(8)33/h2-5H2,1H3. The molecule has 0 spiro atoms. The summed E-state index contributed by atoms with van der Waals surface area (Å²) in [4.78, 5) is 37.1. The number of carbonyl (C=O) groups is 3. The van der Waals surface area contributed by atoms with Crippen molar-refractivity contribution in [2.24, 2.45) is 5.41 Å².